The molecule has 0 aliphatic carbocycles. The van der Waals surface area contributed by atoms with E-state index in [4.69, 9.17) is 23.2 Å². The van der Waals surface area contributed by atoms with E-state index < -0.39 is 0 Å². The maximum atomic E-state index is 13.0. The summed E-state index contributed by atoms with van der Waals surface area (Å²) in [6.07, 6.45) is 2.95. The van der Waals surface area contributed by atoms with Crippen LogP contribution in [0.15, 0.2) is 36.0 Å². The molecule has 3 rings (SSSR count). The van der Waals surface area contributed by atoms with Crippen LogP contribution in [-0.4, -0.2) is 43.9 Å². The molecule has 0 radical (unpaired) electrons. The number of halogens is 2. The number of aromatic nitrogens is 3. The first-order chi connectivity index (χ1) is 13.8. The summed E-state index contributed by atoms with van der Waals surface area (Å²) in [6.45, 7) is 12.3. The number of hydrogen-bond acceptors (Lipinski definition) is 4. The average molecular weight is 453 g/mol. The zero-order valence-electron chi connectivity index (χ0n) is 16.9. The molecule has 29 heavy (non-hydrogen) atoms. The molecule has 0 saturated carbocycles. The molecule has 1 fully saturated rings. The number of thioether (sulfide) groups is 1. The summed E-state index contributed by atoms with van der Waals surface area (Å²) in [5, 5.41) is 10.2. The number of amides is 1. The average Bonchev–Trinajstić information content (AvgIpc) is 3.03. The first kappa shape index (κ1) is 22.2. The zero-order valence-corrected chi connectivity index (χ0v) is 19.3. The van der Waals surface area contributed by atoms with Crippen LogP contribution in [0.1, 0.15) is 27.2 Å². The van der Waals surface area contributed by atoms with E-state index in [1.165, 1.54) is 18.2 Å². The highest BCUT2D eigenvalue weighted by Gasteiger charge is 2.30. The van der Waals surface area contributed by atoms with Crippen LogP contribution in [0.5, 0.6) is 0 Å². The van der Waals surface area contributed by atoms with Gasteiger partial charge in [0.25, 0.3) is 0 Å². The molecule has 2 aromatic rings. The van der Waals surface area contributed by atoms with Gasteiger partial charge in [-0.1, -0.05) is 54.9 Å². The van der Waals surface area contributed by atoms with Gasteiger partial charge in [0.1, 0.15) is 0 Å². The third-order valence-corrected chi connectivity index (χ3v) is 6.63. The van der Waals surface area contributed by atoms with Gasteiger partial charge in [0.15, 0.2) is 11.0 Å². The molecule has 2 heterocycles. The molecule has 0 bridgehead atoms. The molecule has 1 aromatic carbocycles. The number of hydrogen-bond donors (Lipinski definition) is 0. The smallest absolute Gasteiger partial charge is 0.235 e. The number of rotatable bonds is 6. The molecule has 1 amide bonds. The normalized spacial score (nSPS) is 20.5. The lowest BCUT2D eigenvalue weighted by molar-refractivity contribution is -0.132. The van der Waals surface area contributed by atoms with Gasteiger partial charge in [-0.25, -0.2) is 0 Å². The van der Waals surface area contributed by atoms with Gasteiger partial charge in [-0.15, -0.1) is 16.8 Å². The number of nitrogens with zero attached hydrogens (tertiary/aromatic N) is 4. The van der Waals surface area contributed by atoms with Crippen LogP contribution in [0, 0.1) is 11.8 Å². The number of piperidine rings is 1. The van der Waals surface area contributed by atoms with Gasteiger partial charge in [0.2, 0.25) is 5.91 Å². The summed E-state index contributed by atoms with van der Waals surface area (Å²) < 4.78 is 1.93. The van der Waals surface area contributed by atoms with Crippen molar-refractivity contribution in [2.24, 2.45) is 11.8 Å². The molecular weight excluding hydrogens is 427 g/mol. The van der Waals surface area contributed by atoms with E-state index in [9.17, 15) is 4.79 Å². The van der Waals surface area contributed by atoms with Gasteiger partial charge >= 0.3 is 0 Å². The Morgan fingerprint density at radius 1 is 1.31 bits per heavy atom. The van der Waals surface area contributed by atoms with Crippen molar-refractivity contribution in [3.8, 4) is 11.4 Å². The molecular formula is C21H26Cl2N4OS. The van der Waals surface area contributed by atoms with Crippen LogP contribution in [0.25, 0.3) is 11.4 Å². The molecule has 156 valence electrons. The second kappa shape index (κ2) is 9.54. The van der Waals surface area contributed by atoms with Crippen molar-refractivity contribution in [3.63, 3.8) is 0 Å². The Morgan fingerprint density at radius 2 is 2.00 bits per heavy atom. The van der Waals surface area contributed by atoms with Crippen molar-refractivity contribution < 1.29 is 4.79 Å². The highest BCUT2D eigenvalue weighted by atomic mass is 35.5. The van der Waals surface area contributed by atoms with Crippen molar-refractivity contribution in [2.75, 3.05) is 13.1 Å². The van der Waals surface area contributed by atoms with E-state index >= 15 is 0 Å². The van der Waals surface area contributed by atoms with Crippen LogP contribution in [0.3, 0.4) is 0 Å². The third kappa shape index (κ3) is 5.16. The number of likely N-dealkylation sites (tertiary alicyclic amines) is 1. The highest BCUT2D eigenvalue weighted by Crippen LogP contribution is 2.33. The largest absolute Gasteiger partial charge is 0.341 e. The van der Waals surface area contributed by atoms with Crippen LogP contribution in [0.4, 0.5) is 0 Å². The zero-order chi connectivity index (χ0) is 21.1. The molecule has 8 heteroatoms. The molecule has 0 N–H and O–H groups in total. The summed E-state index contributed by atoms with van der Waals surface area (Å²) in [5.74, 6) is 1.84. The fraction of sp³-hybridized carbons (Fsp3) is 0.476. The Bertz CT molecular complexity index is 891. The predicted molar refractivity (Wildman–Crippen MR) is 121 cm³/mol. The van der Waals surface area contributed by atoms with Gasteiger partial charge in [-0.05, 0) is 43.4 Å². The second-order valence-corrected chi connectivity index (χ2v) is 9.93. The minimum atomic E-state index is -0.256. The van der Waals surface area contributed by atoms with E-state index in [2.05, 4.69) is 30.6 Å². The van der Waals surface area contributed by atoms with E-state index in [1.807, 2.05) is 22.5 Å². The van der Waals surface area contributed by atoms with Crippen LogP contribution in [0.2, 0.25) is 10.0 Å². The van der Waals surface area contributed by atoms with Gasteiger partial charge < -0.3 is 4.90 Å². The Labute approximate surface area is 186 Å². The summed E-state index contributed by atoms with van der Waals surface area (Å²) in [4.78, 5) is 15.0. The molecule has 0 spiro atoms. The van der Waals surface area contributed by atoms with Crippen molar-refractivity contribution in [3.05, 3.63) is 40.9 Å². The Kier molecular flexibility index (Phi) is 7.30. The second-order valence-electron chi connectivity index (χ2n) is 7.78. The predicted octanol–water partition coefficient (Wildman–Crippen LogP) is 5.42. The van der Waals surface area contributed by atoms with Crippen LogP contribution in [-0.2, 0) is 11.3 Å². The fourth-order valence-corrected chi connectivity index (χ4v) is 5.28. The highest BCUT2D eigenvalue weighted by molar-refractivity contribution is 8.00. The van der Waals surface area contributed by atoms with Gasteiger partial charge in [0, 0.05) is 30.2 Å². The molecule has 3 atom stereocenters. The Balaban J connectivity index is 1.82. The van der Waals surface area contributed by atoms with Crippen molar-refractivity contribution in [1.29, 1.82) is 0 Å². The molecule has 0 unspecified atom stereocenters. The minimum absolute atomic E-state index is 0.146. The fourth-order valence-electron chi connectivity index (χ4n) is 3.85. The van der Waals surface area contributed by atoms with Crippen molar-refractivity contribution in [2.45, 2.75) is 44.1 Å². The first-order valence-corrected chi connectivity index (χ1v) is 11.4. The van der Waals surface area contributed by atoms with Gasteiger partial charge in [-0.2, -0.15) is 0 Å². The number of carbonyl (C=O) groups is 1. The molecule has 1 aromatic heterocycles. The lowest BCUT2D eigenvalue weighted by atomic mass is 9.92. The van der Waals surface area contributed by atoms with Crippen LogP contribution >= 0.6 is 35.0 Å². The summed E-state index contributed by atoms with van der Waals surface area (Å²) >= 11 is 13.8. The monoisotopic (exact) mass is 452 g/mol. The molecule has 1 aliphatic heterocycles. The summed E-state index contributed by atoms with van der Waals surface area (Å²) in [5.41, 5.74) is 0.745. The summed E-state index contributed by atoms with van der Waals surface area (Å²) in [7, 11) is 0. The van der Waals surface area contributed by atoms with Crippen molar-refractivity contribution >= 4 is 40.9 Å². The minimum Gasteiger partial charge on any atom is -0.341 e. The maximum Gasteiger partial charge on any atom is 0.235 e. The Morgan fingerprint density at radius 3 is 2.62 bits per heavy atom. The SMILES string of the molecule is C=CCn1c(S[C@H](C)C(=O)N2C[C@H](C)C[C@@H](C)C2)nnc1-c1ccc(Cl)cc1Cl. The van der Waals surface area contributed by atoms with E-state index in [-0.39, 0.29) is 11.2 Å². The quantitative estimate of drug-likeness (QED) is 0.433. The lowest BCUT2D eigenvalue weighted by Gasteiger charge is -2.36. The standard InChI is InChI=1S/C21H26Cl2N4OS/c1-5-8-27-19(17-7-6-16(22)10-18(17)23)24-25-21(27)29-15(4)20(28)26-11-13(2)9-14(3)12-26/h5-7,10,13-15H,1,8-9,11-12H2,2-4H3/t13-,14-,15-/m1/s1. The molecule has 5 nitrogen and oxygen atoms in total. The maximum absolute atomic E-state index is 13.0. The molecule has 1 aliphatic rings. The van der Waals surface area contributed by atoms with Gasteiger partial charge in [0.05, 0.1) is 10.3 Å². The molecule has 1 saturated heterocycles. The topological polar surface area (TPSA) is 51.0 Å². The number of benzene rings is 1. The van der Waals surface area contributed by atoms with Crippen LogP contribution < -0.4 is 0 Å². The number of carbonyl (C=O) groups excluding carboxylic acids is 1. The third-order valence-electron chi connectivity index (χ3n) is 5.01. The van der Waals surface area contributed by atoms with E-state index in [0.29, 0.717) is 39.4 Å². The van der Waals surface area contributed by atoms with E-state index in [1.54, 1.807) is 18.2 Å². The van der Waals surface area contributed by atoms with Gasteiger partial charge in [-0.3, -0.25) is 9.36 Å². The lowest BCUT2D eigenvalue weighted by Crippen LogP contribution is -2.45. The summed E-state index contributed by atoms with van der Waals surface area (Å²) in [6, 6.07) is 5.28. The van der Waals surface area contributed by atoms with E-state index in [0.717, 1.165) is 18.7 Å². The number of allylic oxidation sites excluding steroid dienone is 1. The first-order valence-electron chi connectivity index (χ1n) is 9.75. The Hall–Kier alpha value is -1.50. The van der Waals surface area contributed by atoms with Crippen molar-refractivity contribution in [1.82, 2.24) is 19.7 Å².